The maximum absolute atomic E-state index is 13.4. The molecule has 0 radical (unpaired) electrons. The zero-order valence-electron chi connectivity index (χ0n) is 12.3. The Labute approximate surface area is 121 Å². The van der Waals surface area contributed by atoms with E-state index in [2.05, 4.69) is 11.8 Å². The quantitative estimate of drug-likeness (QED) is 0.829. The van der Waals surface area contributed by atoms with E-state index in [4.69, 9.17) is 5.73 Å². The van der Waals surface area contributed by atoms with Crippen molar-refractivity contribution in [3.63, 3.8) is 0 Å². The van der Waals surface area contributed by atoms with Crippen LogP contribution < -0.4 is 5.73 Å². The fourth-order valence-corrected chi connectivity index (χ4v) is 3.15. The minimum Gasteiger partial charge on any atom is -0.329 e. The Morgan fingerprint density at radius 2 is 2.05 bits per heavy atom. The van der Waals surface area contributed by atoms with Gasteiger partial charge in [-0.1, -0.05) is 12.1 Å². The Bertz CT molecular complexity index is 468. The molecule has 0 aromatic heterocycles. The Kier molecular flexibility index (Phi) is 3.83. The summed E-state index contributed by atoms with van der Waals surface area (Å²) in [5.74, 6) is 0.719. The molecule has 0 saturated heterocycles. The largest absolute Gasteiger partial charge is 0.329 e. The zero-order valence-corrected chi connectivity index (χ0v) is 12.3. The molecule has 1 atom stereocenters. The molecule has 110 valence electrons. The van der Waals surface area contributed by atoms with E-state index in [0.717, 1.165) is 17.9 Å². The van der Waals surface area contributed by atoms with Gasteiger partial charge in [0.05, 0.1) is 0 Å². The summed E-state index contributed by atoms with van der Waals surface area (Å²) in [6.45, 7) is 4.05. The highest BCUT2D eigenvalue weighted by molar-refractivity contribution is 5.20. The van der Waals surface area contributed by atoms with Crippen molar-refractivity contribution in [2.45, 2.75) is 50.6 Å². The lowest BCUT2D eigenvalue weighted by atomic mass is 9.90. The highest BCUT2D eigenvalue weighted by Gasteiger charge is 2.42. The highest BCUT2D eigenvalue weighted by atomic mass is 19.1. The SMILES string of the molecule is CC(CN)(Cc1cccc(F)c1)N(CC1CC1)C1CC1. The van der Waals surface area contributed by atoms with E-state index in [1.54, 1.807) is 12.1 Å². The molecule has 20 heavy (non-hydrogen) atoms. The van der Waals surface area contributed by atoms with Gasteiger partial charge in [0.2, 0.25) is 0 Å². The van der Waals surface area contributed by atoms with Crippen LogP contribution in [0, 0.1) is 11.7 Å². The van der Waals surface area contributed by atoms with Crippen molar-refractivity contribution >= 4 is 0 Å². The van der Waals surface area contributed by atoms with E-state index >= 15 is 0 Å². The predicted octanol–water partition coefficient (Wildman–Crippen LogP) is 2.96. The molecule has 2 N–H and O–H groups in total. The van der Waals surface area contributed by atoms with E-state index in [1.165, 1.54) is 38.3 Å². The maximum atomic E-state index is 13.4. The average Bonchev–Trinajstić information content (AvgIpc) is 3.27. The summed E-state index contributed by atoms with van der Waals surface area (Å²) in [4.78, 5) is 2.62. The smallest absolute Gasteiger partial charge is 0.123 e. The maximum Gasteiger partial charge on any atom is 0.123 e. The Hall–Kier alpha value is -0.930. The molecule has 3 heteroatoms. The van der Waals surface area contributed by atoms with Crippen molar-refractivity contribution in [1.82, 2.24) is 4.90 Å². The summed E-state index contributed by atoms with van der Waals surface area (Å²) < 4.78 is 13.4. The first-order valence-electron chi connectivity index (χ1n) is 7.82. The van der Waals surface area contributed by atoms with Crippen LogP contribution in [0.2, 0.25) is 0 Å². The molecular formula is C17H25FN2. The number of hydrogen-bond donors (Lipinski definition) is 1. The standard InChI is InChI=1S/C17H25FN2/c1-17(12-19,10-14-3-2-4-15(18)9-14)20(16-7-8-16)11-13-5-6-13/h2-4,9,13,16H,5-8,10-12,19H2,1H3. The van der Waals surface area contributed by atoms with Gasteiger partial charge in [0.15, 0.2) is 0 Å². The topological polar surface area (TPSA) is 29.3 Å². The van der Waals surface area contributed by atoms with Crippen molar-refractivity contribution in [3.05, 3.63) is 35.6 Å². The molecule has 0 aliphatic heterocycles. The monoisotopic (exact) mass is 276 g/mol. The van der Waals surface area contributed by atoms with Crippen LogP contribution in [-0.4, -0.2) is 29.6 Å². The number of nitrogens with two attached hydrogens (primary N) is 1. The third-order valence-corrected chi connectivity index (χ3v) is 4.75. The van der Waals surface area contributed by atoms with Gasteiger partial charge in [-0.3, -0.25) is 4.90 Å². The summed E-state index contributed by atoms with van der Waals surface area (Å²) >= 11 is 0. The van der Waals surface area contributed by atoms with Crippen LogP contribution in [0.1, 0.15) is 38.2 Å². The molecule has 0 bridgehead atoms. The predicted molar refractivity (Wildman–Crippen MR) is 80.0 cm³/mol. The molecule has 2 aliphatic carbocycles. The van der Waals surface area contributed by atoms with Crippen molar-refractivity contribution in [2.24, 2.45) is 11.7 Å². The van der Waals surface area contributed by atoms with Crippen LogP contribution in [0.15, 0.2) is 24.3 Å². The molecule has 3 rings (SSSR count). The molecule has 0 spiro atoms. The van der Waals surface area contributed by atoms with Crippen molar-refractivity contribution in [2.75, 3.05) is 13.1 Å². The lowest BCUT2D eigenvalue weighted by Crippen LogP contribution is -2.55. The van der Waals surface area contributed by atoms with Crippen molar-refractivity contribution in [1.29, 1.82) is 0 Å². The molecule has 0 amide bonds. The first-order chi connectivity index (χ1) is 9.60. The van der Waals surface area contributed by atoms with Gasteiger partial charge in [0.1, 0.15) is 5.82 Å². The van der Waals surface area contributed by atoms with Gasteiger partial charge in [-0.05, 0) is 62.6 Å². The summed E-state index contributed by atoms with van der Waals surface area (Å²) in [5, 5.41) is 0. The van der Waals surface area contributed by atoms with Crippen molar-refractivity contribution < 1.29 is 4.39 Å². The van der Waals surface area contributed by atoms with E-state index in [1.807, 2.05) is 6.07 Å². The second-order valence-corrected chi connectivity index (χ2v) is 6.83. The number of benzene rings is 1. The fraction of sp³-hybridized carbons (Fsp3) is 0.647. The molecule has 0 heterocycles. The van der Waals surface area contributed by atoms with E-state index in [0.29, 0.717) is 12.6 Å². The third-order valence-electron chi connectivity index (χ3n) is 4.75. The highest BCUT2D eigenvalue weighted by Crippen LogP contribution is 2.39. The summed E-state index contributed by atoms with van der Waals surface area (Å²) in [7, 11) is 0. The molecule has 1 aromatic rings. The first-order valence-corrected chi connectivity index (χ1v) is 7.82. The molecule has 1 aromatic carbocycles. The zero-order chi connectivity index (χ0) is 14.2. The minimum atomic E-state index is -0.151. The van der Waals surface area contributed by atoms with Crippen LogP contribution in [0.25, 0.3) is 0 Å². The van der Waals surface area contributed by atoms with Crippen LogP contribution >= 0.6 is 0 Å². The second kappa shape index (κ2) is 5.45. The first kappa shape index (κ1) is 14.0. The average molecular weight is 276 g/mol. The number of nitrogens with zero attached hydrogens (tertiary/aromatic N) is 1. The number of hydrogen-bond acceptors (Lipinski definition) is 2. The molecule has 2 fully saturated rings. The van der Waals surface area contributed by atoms with Crippen LogP contribution in [-0.2, 0) is 6.42 Å². The molecule has 2 nitrogen and oxygen atoms in total. The number of rotatable bonds is 7. The molecule has 2 aliphatic rings. The van der Waals surface area contributed by atoms with Gasteiger partial charge in [-0.2, -0.15) is 0 Å². The van der Waals surface area contributed by atoms with Gasteiger partial charge in [0, 0.05) is 24.7 Å². The molecule has 1 unspecified atom stereocenters. The lowest BCUT2D eigenvalue weighted by molar-refractivity contribution is 0.0944. The Morgan fingerprint density at radius 1 is 1.30 bits per heavy atom. The fourth-order valence-electron chi connectivity index (χ4n) is 3.15. The van der Waals surface area contributed by atoms with Gasteiger partial charge >= 0.3 is 0 Å². The van der Waals surface area contributed by atoms with Crippen LogP contribution in [0.5, 0.6) is 0 Å². The van der Waals surface area contributed by atoms with Gasteiger partial charge in [-0.15, -0.1) is 0 Å². The van der Waals surface area contributed by atoms with Crippen molar-refractivity contribution in [3.8, 4) is 0 Å². The molecule has 2 saturated carbocycles. The van der Waals surface area contributed by atoms with Crippen LogP contribution in [0.4, 0.5) is 4.39 Å². The number of halogens is 1. The second-order valence-electron chi connectivity index (χ2n) is 6.83. The van der Waals surface area contributed by atoms with E-state index in [9.17, 15) is 4.39 Å². The Morgan fingerprint density at radius 3 is 2.60 bits per heavy atom. The van der Waals surface area contributed by atoms with Gasteiger partial charge in [0.25, 0.3) is 0 Å². The Balaban J connectivity index is 1.76. The summed E-state index contributed by atoms with van der Waals surface area (Å²) in [6.07, 6.45) is 6.16. The third kappa shape index (κ3) is 3.21. The summed E-state index contributed by atoms with van der Waals surface area (Å²) in [5.41, 5.74) is 7.13. The van der Waals surface area contributed by atoms with Gasteiger partial charge in [-0.25, -0.2) is 4.39 Å². The van der Waals surface area contributed by atoms with Gasteiger partial charge < -0.3 is 5.73 Å². The van der Waals surface area contributed by atoms with E-state index < -0.39 is 0 Å². The lowest BCUT2D eigenvalue weighted by Gasteiger charge is -2.41. The minimum absolute atomic E-state index is 0.0441. The molecular weight excluding hydrogens is 251 g/mol. The van der Waals surface area contributed by atoms with E-state index in [-0.39, 0.29) is 11.4 Å². The normalized spacial score (nSPS) is 22.0. The van der Waals surface area contributed by atoms with Crippen LogP contribution in [0.3, 0.4) is 0 Å². The summed E-state index contributed by atoms with van der Waals surface area (Å²) in [6, 6.07) is 7.67.